The zero-order chi connectivity index (χ0) is 27.2. The van der Waals surface area contributed by atoms with Crippen LogP contribution in [0.5, 0.6) is 5.75 Å². The van der Waals surface area contributed by atoms with E-state index in [1.165, 1.54) is 0 Å². The number of hydrogen-bond acceptors (Lipinski definition) is 7. The molecule has 3 rings (SSSR count). The number of ether oxygens (including phenoxy) is 2. The summed E-state index contributed by atoms with van der Waals surface area (Å²) in [6.07, 6.45) is 1.85. The summed E-state index contributed by atoms with van der Waals surface area (Å²) in [5, 5.41) is 7.82. The van der Waals surface area contributed by atoms with Gasteiger partial charge in [-0.3, -0.25) is 19.2 Å². The second-order valence-corrected chi connectivity index (χ2v) is 10.2. The van der Waals surface area contributed by atoms with Gasteiger partial charge in [0.15, 0.2) is 0 Å². The summed E-state index contributed by atoms with van der Waals surface area (Å²) in [5.41, 5.74) is 5.48. The van der Waals surface area contributed by atoms with E-state index in [1.54, 1.807) is 7.11 Å². The molecule has 1 saturated carbocycles. The highest BCUT2D eigenvalue weighted by Crippen LogP contribution is 2.43. The van der Waals surface area contributed by atoms with Crippen LogP contribution in [0, 0.1) is 11.8 Å². The predicted molar refractivity (Wildman–Crippen MR) is 133 cm³/mol. The summed E-state index contributed by atoms with van der Waals surface area (Å²) >= 11 is 0. The minimum absolute atomic E-state index is 0.0219. The fraction of sp³-hybridized carbons (Fsp3) is 0.577. The van der Waals surface area contributed by atoms with Crippen LogP contribution in [0.25, 0.3) is 0 Å². The predicted octanol–water partition coefficient (Wildman–Crippen LogP) is 0.977. The third-order valence-electron chi connectivity index (χ3n) is 6.65. The number of benzene rings is 1. The fourth-order valence-corrected chi connectivity index (χ4v) is 4.51. The van der Waals surface area contributed by atoms with E-state index in [0.717, 1.165) is 5.56 Å². The molecule has 1 aromatic carbocycles. The molecule has 2 fully saturated rings. The molecular weight excluding hydrogens is 480 g/mol. The highest BCUT2D eigenvalue weighted by molar-refractivity contribution is 6.37. The first-order valence-electron chi connectivity index (χ1n) is 12.6. The highest BCUT2D eigenvalue weighted by atomic mass is 16.6. The molecule has 0 bridgehead atoms. The molecule has 4 amide bonds. The lowest BCUT2D eigenvalue weighted by atomic mass is 9.94. The molecule has 0 unspecified atom stereocenters. The Labute approximate surface area is 216 Å². The Hall–Kier alpha value is -3.63. The number of alkyl carbamates (subject to hydrolysis) is 1. The SMILES string of the molecule is COc1cccc(CC2(OC(=O)N[C@@H](CC(C)C)C(=O)N[C@@H](C[C@@H]3CCNC3=O)C(=O)C(N)=O)CC2)c1. The van der Waals surface area contributed by atoms with Crippen LogP contribution in [0.15, 0.2) is 24.3 Å². The molecule has 5 N–H and O–H groups in total. The Morgan fingerprint density at radius 1 is 1.16 bits per heavy atom. The van der Waals surface area contributed by atoms with Gasteiger partial charge in [0.25, 0.3) is 5.91 Å². The second kappa shape index (κ2) is 12.1. The van der Waals surface area contributed by atoms with E-state index in [0.29, 0.717) is 38.0 Å². The molecule has 11 nitrogen and oxygen atoms in total. The monoisotopic (exact) mass is 516 g/mol. The summed E-state index contributed by atoms with van der Waals surface area (Å²) in [7, 11) is 1.58. The van der Waals surface area contributed by atoms with Gasteiger partial charge >= 0.3 is 6.09 Å². The van der Waals surface area contributed by atoms with Crippen molar-refractivity contribution in [1.82, 2.24) is 16.0 Å². The maximum atomic E-state index is 13.1. The van der Waals surface area contributed by atoms with E-state index in [9.17, 15) is 24.0 Å². The average Bonchev–Trinajstić information content (AvgIpc) is 3.46. The molecule has 1 aliphatic heterocycles. The number of primary amides is 1. The van der Waals surface area contributed by atoms with Gasteiger partial charge in [0.05, 0.1) is 13.2 Å². The minimum atomic E-state index is -1.27. The number of carbonyl (C=O) groups is 5. The van der Waals surface area contributed by atoms with Crippen molar-refractivity contribution in [2.75, 3.05) is 13.7 Å². The summed E-state index contributed by atoms with van der Waals surface area (Å²) in [4.78, 5) is 62.0. The van der Waals surface area contributed by atoms with Gasteiger partial charge in [-0.05, 0) is 55.7 Å². The second-order valence-electron chi connectivity index (χ2n) is 10.2. The largest absolute Gasteiger partial charge is 0.497 e. The molecule has 2 aliphatic rings. The molecule has 1 aromatic rings. The Morgan fingerprint density at radius 3 is 2.46 bits per heavy atom. The number of rotatable bonds is 13. The molecular formula is C26H36N4O7. The van der Waals surface area contributed by atoms with Crippen LogP contribution < -0.4 is 26.4 Å². The molecule has 3 atom stereocenters. The third kappa shape index (κ3) is 7.93. The Balaban J connectivity index is 1.65. The summed E-state index contributed by atoms with van der Waals surface area (Å²) < 4.78 is 11.0. The van der Waals surface area contributed by atoms with Gasteiger partial charge in [-0.15, -0.1) is 0 Å². The number of Topliss-reactive ketones (excluding diaryl/α,β-unsaturated/α-hetero) is 1. The lowest BCUT2D eigenvalue weighted by molar-refractivity contribution is -0.139. The number of ketones is 1. The number of amides is 4. The Morgan fingerprint density at radius 2 is 1.89 bits per heavy atom. The van der Waals surface area contributed by atoms with Crippen molar-refractivity contribution in [1.29, 1.82) is 0 Å². The van der Waals surface area contributed by atoms with Crippen LogP contribution >= 0.6 is 0 Å². The maximum absolute atomic E-state index is 13.1. The normalized spacial score (nSPS) is 19.4. The molecule has 0 aromatic heterocycles. The summed E-state index contributed by atoms with van der Waals surface area (Å²) in [5.74, 6) is -2.89. The van der Waals surface area contributed by atoms with Crippen LogP contribution in [0.3, 0.4) is 0 Å². The molecule has 1 saturated heterocycles. The van der Waals surface area contributed by atoms with E-state index in [1.807, 2.05) is 38.1 Å². The minimum Gasteiger partial charge on any atom is -0.497 e. The first-order valence-corrected chi connectivity index (χ1v) is 12.6. The number of hydrogen-bond donors (Lipinski definition) is 4. The van der Waals surface area contributed by atoms with E-state index in [-0.39, 0.29) is 24.7 Å². The Kier molecular flexibility index (Phi) is 9.12. The van der Waals surface area contributed by atoms with Crippen LogP contribution in [0.2, 0.25) is 0 Å². The number of methoxy groups -OCH3 is 1. The van der Waals surface area contributed by atoms with Crippen molar-refractivity contribution in [2.24, 2.45) is 17.6 Å². The van der Waals surface area contributed by atoms with Gasteiger partial charge in [0.2, 0.25) is 17.6 Å². The average molecular weight is 517 g/mol. The van der Waals surface area contributed by atoms with Gasteiger partial charge in [0.1, 0.15) is 17.4 Å². The lowest BCUT2D eigenvalue weighted by Crippen LogP contribution is -2.54. The molecule has 11 heteroatoms. The molecule has 1 aliphatic carbocycles. The smallest absolute Gasteiger partial charge is 0.408 e. The van der Waals surface area contributed by atoms with Crippen molar-refractivity contribution in [3.8, 4) is 5.75 Å². The molecule has 202 valence electrons. The number of carbonyl (C=O) groups excluding carboxylic acids is 5. The van der Waals surface area contributed by atoms with Gasteiger partial charge in [-0.1, -0.05) is 26.0 Å². The van der Waals surface area contributed by atoms with Crippen molar-refractivity contribution < 1.29 is 33.4 Å². The van der Waals surface area contributed by atoms with Crippen molar-refractivity contribution >= 4 is 29.6 Å². The van der Waals surface area contributed by atoms with E-state index < -0.39 is 47.3 Å². The number of nitrogens with two attached hydrogens (primary N) is 1. The topological polar surface area (TPSA) is 166 Å². The molecule has 0 spiro atoms. The van der Waals surface area contributed by atoms with E-state index >= 15 is 0 Å². The van der Waals surface area contributed by atoms with E-state index in [2.05, 4.69) is 16.0 Å². The van der Waals surface area contributed by atoms with Gasteiger partial charge in [0, 0.05) is 18.9 Å². The van der Waals surface area contributed by atoms with Crippen LogP contribution in [-0.4, -0.2) is 60.9 Å². The van der Waals surface area contributed by atoms with Crippen LogP contribution in [0.4, 0.5) is 4.79 Å². The number of nitrogens with one attached hydrogen (secondary N) is 3. The van der Waals surface area contributed by atoms with E-state index in [4.69, 9.17) is 15.2 Å². The standard InChI is InChI=1S/C26H36N4O7/c1-15(2)11-20(24(34)29-19(21(31)22(27)32)13-17-7-10-28-23(17)33)30-25(35)37-26(8-9-26)14-16-5-4-6-18(12-16)36-3/h4-6,12,15,17,19-20H,7-11,13-14H2,1-3H3,(H2,27,32)(H,28,33)(H,29,34)(H,30,35)/t17-,19-,20-/m0/s1. The first kappa shape index (κ1) is 27.9. The van der Waals surface area contributed by atoms with Crippen molar-refractivity contribution in [3.05, 3.63) is 29.8 Å². The van der Waals surface area contributed by atoms with Gasteiger partial charge in [-0.2, -0.15) is 0 Å². The van der Waals surface area contributed by atoms with Gasteiger partial charge in [-0.25, -0.2) is 4.79 Å². The highest BCUT2D eigenvalue weighted by Gasteiger charge is 2.47. The molecule has 37 heavy (non-hydrogen) atoms. The van der Waals surface area contributed by atoms with Crippen molar-refractivity contribution in [2.45, 2.75) is 70.1 Å². The quantitative estimate of drug-likeness (QED) is 0.284. The molecule has 0 radical (unpaired) electrons. The zero-order valence-electron chi connectivity index (χ0n) is 21.5. The lowest BCUT2D eigenvalue weighted by Gasteiger charge is -2.25. The first-order chi connectivity index (χ1) is 17.5. The summed E-state index contributed by atoms with van der Waals surface area (Å²) in [6, 6.07) is 5.23. The van der Waals surface area contributed by atoms with Gasteiger partial charge < -0.3 is 31.2 Å². The van der Waals surface area contributed by atoms with Crippen LogP contribution in [-0.2, 0) is 30.3 Å². The molecule has 1 heterocycles. The zero-order valence-corrected chi connectivity index (χ0v) is 21.5. The Bertz CT molecular complexity index is 1040. The van der Waals surface area contributed by atoms with Crippen LogP contribution in [0.1, 0.15) is 51.5 Å². The summed E-state index contributed by atoms with van der Waals surface area (Å²) in [6.45, 7) is 4.22. The third-order valence-corrected chi connectivity index (χ3v) is 6.65. The van der Waals surface area contributed by atoms with Crippen molar-refractivity contribution in [3.63, 3.8) is 0 Å². The fourth-order valence-electron chi connectivity index (χ4n) is 4.51. The maximum Gasteiger partial charge on any atom is 0.408 e.